The van der Waals surface area contributed by atoms with Gasteiger partial charge in [0.05, 0.1) is 6.42 Å². The van der Waals surface area contributed by atoms with Crippen molar-refractivity contribution in [3.8, 4) is 0 Å². The van der Waals surface area contributed by atoms with Crippen LogP contribution in [0.5, 0.6) is 0 Å². The molecule has 0 heterocycles. The number of carbonyl (C=O) groups excluding carboxylic acids is 1. The molecule has 2 N–H and O–H groups in total. The highest BCUT2D eigenvalue weighted by Crippen LogP contribution is 2.43. The summed E-state index contributed by atoms with van der Waals surface area (Å²) in [5.41, 5.74) is -0.140. The molecule has 120 valence electrons. The Morgan fingerprint density at radius 3 is 2.29 bits per heavy atom. The molecule has 0 aromatic heterocycles. The van der Waals surface area contributed by atoms with E-state index in [1.807, 2.05) is 0 Å². The molecular weight excluding hydrogens is 266 g/mol. The normalized spacial score (nSPS) is 27.2. The average Bonchev–Trinajstić information content (AvgIpc) is 2.76. The highest BCUT2D eigenvalue weighted by molar-refractivity contribution is 5.80. The SMILES string of the molecule is CC1(C)CCCC1C(=O)NCC1(CC(=O)O)CCCCC1. The Labute approximate surface area is 127 Å². The Kier molecular flexibility index (Phi) is 4.95. The Morgan fingerprint density at radius 1 is 1.10 bits per heavy atom. The van der Waals surface area contributed by atoms with Gasteiger partial charge in [0.1, 0.15) is 0 Å². The van der Waals surface area contributed by atoms with Gasteiger partial charge in [0.15, 0.2) is 0 Å². The summed E-state index contributed by atoms with van der Waals surface area (Å²) in [5, 5.41) is 12.3. The van der Waals surface area contributed by atoms with Gasteiger partial charge < -0.3 is 10.4 Å². The van der Waals surface area contributed by atoms with Gasteiger partial charge in [0.25, 0.3) is 0 Å². The second-order valence-corrected chi connectivity index (χ2v) is 7.78. The van der Waals surface area contributed by atoms with Crippen LogP contribution in [0.1, 0.15) is 71.6 Å². The molecule has 2 aliphatic rings. The summed E-state index contributed by atoms with van der Waals surface area (Å²) < 4.78 is 0. The Hall–Kier alpha value is -1.06. The summed E-state index contributed by atoms with van der Waals surface area (Å²) >= 11 is 0. The lowest BCUT2D eigenvalue weighted by Gasteiger charge is -2.37. The summed E-state index contributed by atoms with van der Waals surface area (Å²) in [5.74, 6) is -0.525. The Bertz CT molecular complexity index is 397. The molecule has 0 radical (unpaired) electrons. The lowest BCUT2D eigenvalue weighted by molar-refractivity contribution is -0.141. The van der Waals surface area contributed by atoms with E-state index in [2.05, 4.69) is 19.2 Å². The zero-order chi connectivity index (χ0) is 15.5. The maximum absolute atomic E-state index is 12.5. The molecule has 2 saturated carbocycles. The van der Waals surface area contributed by atoms with Crippen LogP contribution in [0, 0.1) is 16.7 Å². The number of nitrogens with one attached hydrogen (secondary N) is 1. The van der Waals surface area contributed by atoms with E-state index < -0.39 is 5.97 Å². The molecule has 0 saturated heterocycles. The van der Waals surface area contributed by atoms with Gasteiger partial charge in [-0.25, -0.2) is 0 Å². The van der Waals surface area contributed by atoms with Crippen molar-refractivity contribution in [1.29, 1.82) is 0 Å². The molecule has 0 spiro atoms. The van der Waals surface area contributed by atoms with Gasteiger partial charge in [0, 0.05) is 12.5 Å². The number of amides is 1. The molecule has 4 nitrogen and oxygen atoms in total. The van der Waals surface area contributed by atoms with E-state index in [1.165, 1.54) is 6.42 Å². The molecule has 2 fully saturated rings. The van der Waals surface area contributed by atoms with Crippen molar-refractivity contribution in [2.45, 2.75) is 71.6 Å². The molecule has 0 aromatic rings. The number of carbonyl (C=O) groups is 2. The zero-order valence-electron chi connectivity index (χ0n) is 13.4. The lowest BCUT2D eigenvalue weighted by atomic mass is 9.71. The van der Waals surface area contributed by atoms with Crippen LogP contribution in [0.4, 0.5) is 0 Å². The second-order valence-electron chi connectivity index (χ2n) is 7.78. The highest BCUT2D eigenvalue weighted by atomic mass is 16.4. The van der Waals surface area contributed by atoms with Crippen molar-refractivity contribution in [3.63, 3.8) is 0 Å². The standard InChI is InChI=1S/C17H29NO3/c1-16(2)8-6-7-13(16)15(21)18-12-17(11-14(19)20)9-4-3-5-10-17/h13H,3-12H2,1-2H3,(H,18,21)(H,19,20). The highest BCUT2D eigenvalue weighted by Gasteiger charge is 2.41. The maximum atomic E-state index is 12.5. The predicted octanol–water partition coefficient (Wildman–Crippen LogP) is 3.35. The smallest absolute Gasteiger partial charge is 0.303 e. The van der Waals surface area contributed by atoms with Crippen LogP contribution < -0.4 is 5.32 Å². The minimum absolute atomic E-state index is 0.0800. The Morgan fingerprint density at radius 2 is 1.76 bits per heavy atom. The first-order valence-electron chi connectivity index (χ1n) is 8.34. The quantitative estimate of drug-likeness (QED) is 0.817. The van der Waals surface area contributed by atoms with Crippen LogP contribution >= 0.6 is 0 Å². The summed E-state index contributed by atoms with van der Waals surface area (Å²) in [6, 6.07) is 0. The van der Waals surface area contributed by atoms with Crippen LogP contribution in [0.3, 0.4) is 0 Å². The monoisotopic (exact) mass is 295 g/mol. The second kappa shape index (κ2) is 6.37. The molecule has 0 bridgehead atoms. The van der Waals surface area contributed by atoms with Gasteiger partial charge in [0.2, 0.25) is 5.91 Å². The largest absolute Gasteiger partial charge is 0.481 e. The lowest BCUT2D eigenvalue weighted by Crippen LogP contribution is -2.44. The van der Waals surface area contributed by atoms with Crippen LogP contribution in [0.25, 0.3) is 0 Å². The molecule has 1 atom stereocenters. The molecule has 0 aliphatic heterocycles. The van der Waals surface area contributed by atoms with Crippen molar-refractivity contribution >= 4 is 11.9 Å². The average molecular weight is 295 g/mol. The first-order chi connectivity index (χ1) is 9.85. The summed E-state index contributed by atoms with van der Waals surface area (Å²) in [4.78, 5) is 23.6. The van der Waals surface area contributed by atoms with E-state index in [0.29, 0.717) is 6.54 Å². The predicted molar refractivity (Wildman–Crippen MR) is 81.9 cm³/mol. The first-order valence-corrected chi connectivity index (χ1v) is 8.34. The molecule has 1 unspecified atom stereocenters. The molecule has 4 heteroatoms. The van der Waals surface area contributed by atoms with Gasteiger partial charge in [-0.3, -0.25) is 9.59 Å². The third-order valence-electron chi connectivity index (χ3n) is 5.65. The van der Waals surface area contributed by atoms with Gasteiger partial charge in [-0.1, -0.05) is 39.5 Å². The number of aliphatic carboxylic acids is 1. The van der Waals surface area contributed by atoms with Crippen LogP contribution in [-0.2, 0) is 9.59 Å². The fourth-order valence-corrected chi connectivity index (χ4v) is 4.25. The van der Waals surface area contributed by atoms with Crippen LogP contribution in [0.2, 0.25) is 0 Å². The van der Waals surface area contributed by atoms with Crippen molar-refractivity contribution < 1.29 is 14.7 Å². The topological polar surface area (TPSA) is 66.4 Å². The third-order valence-corrected chi connectivity index (χ3v) is 5.65. The molecule has 0 aromatic carbocycles. The number of carboxylic acid groups (broad SMARTS) is 1. The zero-order valence-corrected chi connectivity index (χ0v) is 13.4. The van der Waals surface area contributed by atoms with Gasteiger partial charge in [-0.2, -0.15) is 0 Å². The maximum Gasteiger partial charge on any atom is 0.303 e. The van der Waals surface area contributed by atoms with Gasteiger partial charge in [-0.15, -0.1) is 0 Å². The number of hydrogen-bond donors (Lipinski definition) is 2. The van der Waals surface area contributed by atoms with Crippen LogP contribution in [-0.4, -0.2) is 23.5 Å². The van der Waals surface area contributed by atoms with Crippen LogP contribution in [0.15, 0.2) is 0 Å². The summed E-state index contributed by atoms with van der Waals surface area (Å²) in [6.45, 7) is 4.86. The van der Waals surface area contributed by atoms with E-state index >= 15 is 0 Å². The minimum atomic E-state index is -0.743. The summed E-state index contributed by atoms with van der Waals surface area (Å²) in [6.07, 6.45) is 8.56. The van der Waals surface area contributed by atoms with E-state index in [-0.39, 0.29) is 29.1 Å². The number of carboxylic acids is 1. The van der Waals surface area contributed by atoms with E-state index in [1.54, 1.807) is 0 Å². The molecule has 21 heavy (non-hydrogen) atoms. The van der Waals surface area contributed by atoms with Crippen molar-refractivity contribution in [2.24, 2.45) is 16.7 Å². The Balaban J connectivity index is 1.95. The number of rotatable bonds is 5. The van der Waals surface area contributed by atoms with Gasteiger partial charge in [-0.05, 0) is 36.5 Å². The summed E-state index contributed by atoms with van der Waals surface area (Å²) in [7, 11) is 0. The van der Waals surface area contributed by atoms with E-state index in [4.69, 9.17) is 0 Å². The molecule has 2 aliphatic carbocycles. The number of hydrogen-bond acceptors (Lipinski definition) is 2. The van der Waals surface area contributed by atoms with E-state index in [9.17, 15) is 14.7 Å². The fourth-order valence-electron chi connectivity index (χ4n) is 4.25. The molecular formula is C17H29NO3. The van der Waals surface area contributed by atoms with E-state index in [0.717, 1.165) is 44.9 Å². The molecule has 1 amide bonds. The minimum Gasteiger partial charge on any atom is -0.481 e. The third kappa shape index (κ3) is 3.98. The molecule has 2 rings (SSSR count). The fraction of sp³-hybridized carbons (Fsp3) is 0.882. The van der Waals surface area contributed by atoms with Crippen molar-refractivity contribution in [3.05, 3.63) is 0 Å². The van der Waals surface area contributed by atoms with Gasteiger partial charge >= 0.3 is 5.97 Å². The first kappa shape index (κ1) is 16.3. The van der Waals surface area contributed by atoms with Crippen molar-refractivity contribution in [1.82, 2.24) is 5.32 Å². The van der Waals surface area contributed by atoms with Crippen molar-refractivity contribution in [2.75, 3.05) is 6.54 Å².